The van der Waals surface area contributed by atoms with Gasteiger partial charge in [0, 0.05) is 31.7 Å². The molecule has 4 nitrogen and oxygen atoms in total. The normalized spacial score (nSPS) is 26.7. The molecular formula is C14H27N3O. The summed E-state index contributed by atoms with van der Waals surface area (Å²) in [6.07, 6.45) is 2.62. The Kier molecular flexibility index (Phi) is 4.28. The molecule has 2 fully saturated rings. The molecular weight excluding hydrogens is 226 g/mol. The van der Waals surface area contributed by atoms with Crippen LogP contribution in [0.15, 0.2) is 0 Å². The third-order valence-corrected chi connectivity index (χ3v) is 4.36. The first-order valence-corrected chi connectivity index (χ1v) is 7.22. The van der Waals surface area contributed by atoms with Gasteiger partial charge in [-0.2, -0.15) is 0 Å². The second kappa shape index (κ2) is 5.57. The van der Waals surface area contributed by atoms with Gasteiger partial charge in [0.1, 0.15) is 0 Å². The molecule has 1 unspecified atom stereocenters. The highest BCUT2D eigenvalue weighted by atomic mass is 16.2. The van der Waals surface area contributed by atoms with Crippen LogP contribution in [0.4, 0.5) is 0 Å². The van der Waals surface area contributed by atoms with E-state index in [0.29, 0.717) is 0 Å². The lowest BCUT2D eigenvalue weighted by atomic mass is 9.93. The smallest absolute Gasteiger partial charge is 0.225 e. The average molecular weight is 253 g/mol. The zero-order valence-corrected chi connectivity index (χ0v) is 12.0. The quantitative estimate of drug-likeness (QED) is 0.780. The second-order valence-electron chi connectivity index (χ2n) is 6.58. The number of hydrogen-bond donors (Lipinski definition) is 2. The van der Waals surface area contributed by atoms with Crippen LogP contribution in [0.1, 0.15) is 33.6 Å². The third kappa shape index (κ3) is 3.23. The van der Waals surface area contributed by atoms with Crippen molar-refractivity contribution in [2.24, 2.45) is 11.8 Å². The molecule has 0 aliphatic carbocycles. The molecule has 2 rings (SSSR count). The minimum Gasteiger partial charge on any atom is -0.354 e. The second-order valence-corrected chi connectivity index (χ2v) is 6.58. The van der Waals surface area contributed by atoms with Gasteiger partial charge in [0.15, 0.2) is 0 Å². The predicted octanol–water partition coefficient (Wildman–Crippen LogP) is 0.833. The van der Waals surface area contributed by atoms with Crippen LogP contribution in [0.2, 0.25) is 0 Å². The molecule has 1 amide bonds. The molecule has 2 aliphatic rings. The summed E-state index contributed by atoms with van der Waals surface area (Å²) < 4.78 is 0. The van der Waals surface area contributed by atoms with Crippen molar-refractivity contribution in [1.82, 2.24) is 15.5 Å². The van der Waals surface area contributed by atoms with Gasteiger partial charge >= 0.3 is 0 Å². The first-order chi connectivity index (χ1) is 8.49. The lowest BCUT2D eigenvalue weighted by Gasteiger charge is -2.43. The Morgan fingerprint density at radius 1 is 1.44 bits per heavy atom. The van der Waals surface area contributed by atoms with Gasteiger partial charge in [-0.15, -0.1) is 0 Å². The number of carbonyl (C=O) groups is 1. The molecule has 0 radical (unpaired) electrons. The van der Waals surface area contributed by atoms with Crippen molar-refractivity contribution in [2.75, 3.05) is 32.7 Å². The number of hydrogen-bond acceptors (Lipinski definition) is 3. The standard InChI is InChI=1S/C14H27N3O/c1-11-5-4-6-17(9-11)14(2,3)10-16-13(18)12-7-15-8-12/h11-12,15H,4-10H2,1-3H3,(H,16,18). The van der Waals surface area contributed by atoms with Crippen molar-refractivity contribution in [1.29, 1.82) is 0 Å². The molecule has 0 saturated carbocycles. The largest absolute Gasteiger partial charge is 0.354 e. The van der Waals surface area contributed by atoms with Gasteiger partial charge < -0.3 is 10.6 Å². The summed E-state index contributed by atoms with van der Waals surface area (Å²) in [6.45, 7) is 11.6. The van der Waals surface area contributed by atoms with Crippen molar-refractivity contribution in [3.8, 4) is 0 Å². The zero-order chi connectivity index (χ0) is 13.2. The van der Waals surface area contributed by atoms with E-state index >= 15 is 0 Å². The number of piperidine rings is 1. The van der Waals surface area contributed by atoms with Gasteiger partial charge in [0.25, 0.3) is 0 Å². The maximum absolute atomic E-state index is 11.8. The molecule has 4 heteroatoms. The molecule has 0 spiro atoms. The summed E-state index contributed by atoms with van der Waals surface area (Å²) in [5.74, 6) is 1.19. The predicted molar refractivity (Wildman–Crippen MR) is 73.4 cm³/mol. The van der Waals surface area contributed by atoms with Crippen LogP contribution in [0.5, 0.6) is 0 Å². The van der Waals surface area contributed by atoms with E-state index in [4.69, 9.17) is 0 Å². The van der Waals surface area contributed by atoms with Crippen LogP contribution in [0.25, 0.3) is 0 Å². The topological polar surface area (TPSA) is 44.4 Å². The Balaban J connectivity index is 1.80. The SMILES string of the molecule is CC1CCCN(C(C)(C)CNC(=O)C2CNC2)C1. The lowest BCUT2D eigenvalue weighted by molar-refractivity contribution is -0.127. The summed E-state index contributed by atoms with van der Waals surface area (Å²) >= 11 is 0. The zero-order valence-electron chi connectivity index (χ0n) is 12.0. The van der Waals surface area contributed by atoms with Gasteiger partial charge in [-0.25, -0.2) is 0 Å². The van der Waals surface area contributed by atoms with Crippen LogP contribution in [0, 0.1) is 11.8 Å². The van der Waals surface area contributed by atoms with Gasteiger partial charge in [0.05, 0.1) is 5.92 Å². The molecule has 104 valence electrons. The Morgan fingerprint density at radius 3 is 2.72 bits per heavy atom. The minimum atomic E-state index is 0.0709. The maximum Gasteiger partial charge on any atom is 0.225 e. The van der Waals surface area contributed by atoms with Gasteiger partial charge in [0.2, 0.25) is 5.91 Å². The maximum atomic E-state index is 11.8. The van der Waals surface area contributed by atoms with Crippen molar-refractivity contribution in [2.45, 2.75) is 39.2 Å². The fourth-order valence-electron chi connectivity index (χ4n) is 2.77. The number of nitrogens with zero attached hydrogens (tertiary/aromatic N) is 1. The van der Waals surface area contributed by atoms with Crippen molar-refractivity contribution >= 4 is 5.91 Å². The van der Waals surface area contributed by atoms with E-state index in [-0.39, 0.29) is 17.4 Å². The minimum absolute atomic E-state index is 0.0709. The molecule has 0 aromatic heterocycles. The number of carbonyl (C=O) groups excluding carboxylic acids is 1. The number of likely N-dealkylation sites (tertiary alicyclic amines) is 1. The van der Waals surface area contributed by atoms with Gasteiger partial charge in [-0.05, 0) is 39.2 Å². The van der Waals surface area contributed by atoms with Crippen LogP contribution in [-0.4, -0.2) is 49.1 Å². The van der Waals surface area contributed by atoms with Gasteiger partial charge in [-0.3, -0.25) is 9.69 Å². The highest BCUT2D eigenvalue weighted by Gasteiger charge is 2.32. The highest BCUT2D eigenvalue weighted by Crippen LogP contribution is 2.23. The van der Waals surface area contributed by atoms with E-state index in [9.17, 15) is 4.79 Å². The number of amides is 1. The van der Waals surface area contributed by atoms with E-state index in [1.165, 1.54) is 12.8 Å². The Hall–Kier alpha value is -0.610. The molecule has 0 aromatic rings. The Morgan fingerprint density at radius 2 is 2.17 bits per heavy atom. The van der Waals surface area contributed by atoms with Crippen LogP contribution >= 0.6 is 0 Å². The Bertz CT molecular complexity index is 299. The first-order valence-electron chi connectivity index (χ1n) is 7.22. The van der Waals surface area contributed by atoms with Crippen molar-refractivity contribution in [3.05, 3.63) is 0 Å². The first kappa shape index (κ1) is 13.8. The summed E-state index contributed by atoms with van der Waals surface area (Å²) in [5, 5.41) is 6.25. The van der Waals surface area contributed by atoms with E-state index in [2.05, 4.69) is 36.3 Å². The number of nitrogens with one attached hydrogen (secondary N) is 2. The van der Waals surface area contributed by atoms with E-state index < -0.39 is 0 Å². The third-order valence-electron chi connectivity index (χ3n) is 4.36. The van der Waals surface area contributed by atoms with Crippen LogP contribution < -0.4 is 10.6 Å². The monoisotopic (exact) mass is 253 g/mol. The Labute approximate surface area is 110 Å². The molecule has 2 N–H and O–H groups in total. The fraction of sp³-hybridized carbons (Fsp3) is 0.929. The lowest BCUT2D eigenvalue weighted by Crippen LogP contribution is -2.57. The molecule has 2 aliphatic heterocycles. The molecule has 18 heavy (non-hydrogen) atoms. The highest BCUT2D eigenvalue weighted by molar-refractivity contribution is 5.80. The molecule has 1 atom stereocenters. The molecule has 0 bridgehead atoms. The summed E-state index contributed by atoms with van der Waals surface area (Å²) in [7, 11) is 0. The average Bonchev–Trinajstić information content (AvgIpc) is 2.24. The molecule has 0 aromatic carbocycles. The van der Waals surface area contributed by atoms with E-state index in [1.54, 1.807) is 0 Å². The van der Waals surface area contributed by atoms with E-state index in [0.717, 1.165) is 38.6 Å². The summed E-state index contributed by atoms with van der Waals surface area (Å²) in [5.41, 5.74) is 0.0709. The summed E-state index contributed by atoms with van der Waals surface area (Å²) in [6, 6.07) is 0. The fourth-order valence-corrected chi connectivity index (χ4v) is 2.77. The van der Waals surface area contributed by atoms with Crippen molar-refractivity contribution in [3.63, 3.8) is 0 Å². The van der Waals surface area contributed by atoms with Gasteiger partial charge in [-0.1, -0.05) is 6.92 Å². The molecule has 2 heterocycles. The number of rotatable bonds is 4. The summed E-state index contributed by atoms with van der Waals surface area (Å²) in [4.78, 5) is 14.4. The van der Waals surface area contributed by atoms with E-state index in [1.807, 2.05) is 0 Å². The molecule has 2 saturated heterocycles. The van der Waals surface area contributed by atoms with Crippen LogP contribution in [0.3, 0.4) is 0 Å². The van der Waals surface area contributed by atoms with Crippen molar-refractivity contribution < 1.29 is 4.79 Å². The van der Waals surface area contributed by atoms with Crippen LogP contribution in [-0.2, 0) is 4.79 Å².